The first-order valence-corrected chi connectivity index (χ1v) is 16.4. The molecule has 15 heteroatoms. The normalized spacial score (nSPS) is 11.9. The molecule has 0 fully saturated rings. The number of hydrogen-bond acceptors (Lipinski definition) is 8. The molecule has 0 saturated heterocycles. The molecule has 3 aromatic carbocycles. The zero-order valence-electron chi connectivity index (χ0n) is 26.0. The largest absolute Gasteiger partial charge is 0.495 e. The minimum atomic E-state index is -3.59. The van der Waals surface area contributed by atoms with Crippen molar-refractivity contribution in [1.29, 1.82) is 0 Å². The van der Waals surface area contributed by atoms with Gasteiger partial charge in [-0.25, -0.2) is 27.0 Å². The minimum Gasteiger partial charge on any atom is -0.495 e. The molecule has 2 heterocycles. The molecule has 0 unspecified atom stereocenters. The second kappa shape index (κ2) is 13.9. The van der Waals surface area contributed by atoms with Gasteiger partial charge in [-0.2, -0.15) is 4.98 Å². The summed E-state index contributed by atoms with van der Waals surface area (Å²) < 4.78 is 44.5. The highest BCUT2D eigenvalue weighted by Gasteiger charge is 2.27. The molecule has 3 amide bonds. The monoisotopic (exact) mass is 674 g/mol. The zero-order chi connectivity index (χ0) is 34.6. The fourth-order valence-corrected chi connectivity index (χ4v) is 5.49. The number of carboxylic acid groups (broad SMARTS) is 1. The molecule has 48 heavy (non-hydrogen) atoms. The Morgan fingerprint density at radius 1 is 1.00 bits per heavy atom. The number of nitrogens with one attached hydrogen (secondary N) is 2. The second-order valence-electron chi connectivity index (χ2n) is 10.8. The van der Waals surface area contributed by atoms with Crippen LogP contribution in [0.3, 0.4) is 0 Å². The molecule has 0 spiro atoms. The Bertz CT molecular complexity index is 2100. The van der Waals surface area contributed by atoms with Gasteiger partial charge in [0.05, 0.1) is 23.6 Å². The van der Waals surface area contributed by atoms with Gasteiger partial charge in [0, 0.05) is 42.7 Å². The van der Waals surface area contributed by atoms with E-state index in [-0.39, 0.29) is 47.0 Å². The predicted octanol–water partition coefficient (Wildman–Crippen LogP) is 5.01. The average molecular weight is 675 g/mol. The van der Waals surface area contributed by atoms with Crippen LogP contribution in [0.25, 0.3) is 16.8 Å². The highest BCUT2D eigenvalue weighted by molar-refractivity contribution is 7.90. The lowest BCUT2D eigenvalue weighted by Gasteiger charge is -2.22. The highest BCUT2D eigenvalue weighted by Crippen LogP contribution is 2.35. The van der Waals surface area contributed by atoms with Crippen molar-refractivity contribution in [3.8, 4) is 16.9 Å². The van der Waals surface area contributed by atoms with Crippen LogP contribution in [0.4, 0.5) is 26.5 Å². The van der Waals surface area contributed by atoms with Crippen LogP contribution in [0.1, 0.15) is 24.8 Å². The molecule has 0 aliphatic rings. The van der Waals surface area contributed by atoms with Gasteiger partial charge in [0.1, 0.15) is 11.6 Å². The standard InChI is InChI=1S/C33H31FN6O7S/c1-20(21-4-9-24(34)10-5-21)31(42)36-25-11-6-22(7-12-25)23-8-15-29-37-32(38-39(29)19-23)40(30(41)16-17-35-33(43)44)27-14-13-26(48(3,45)46)18-28(27)47-2/h4-15,18-20,35H,16-17H2,1-3H3,(H,36,42)(H,43,44)/t20-/m1/s1. The molecule has 5 rings (SSSR count). The van der Waals surface area contributed by atoms with Gasteiger partial charge < -0.3 is 20.5 Å². The van der Waals surface area contributed by atoms with Gasteiger partial charge in [-0.05, 0) is 66.6 Å². The third-order valence-electron chi connectivity index (χ3n) is 7.45. The fraction of sp³-hybridized carbons (Fsp3) is 0.182. The molecule has 13 nitrogen and oxygen atoms in total. The van der Waals surface area contributed by atoms with Crippen molar-refractivity contribution in [2.24, 2.45) is 0 Å². The molecule has 0 saturated carbocycles. The summed E-state index contributed by atoms with van der Waals surface area (Å²) in [6.07, 6.45) is 1.20. The number of pyridine rings is 1. The van der Waals surface area contributed by atoms with Gasteiger partial charge in [0.15, 0.2) is 15.5 Å². The quantitative estimate of drug-likeness (QED) is 0.174. The van der Waals surface area contributed by atoms with Crippen LogP contribution in [0.15, 0.2) is 90.0 Å². The van der Waals surface area contributed by atoms with Crippen LogP contribution < -0.4 is 20.3 Å². The maximum absolute atomic E-state index is 13.5. The van der Waals surface area contributed by atoms with Gasteiger partial charge in [-0.3, -0.25) is 9.59 Å². The lowest BCUT2D eigenvalue weighted by atomic mass is 10.00. The SMILES string of the molecule is COc1cc(S(C)(=O)=O)ccc1N(C(=O)CCNC(=O)O)c1nc2ccc(-c3ccc(NC(=O)[C@H](C)c4ccc(F)cc4)cc3)cn2n1. The molecular weight excluding hydrogens is 643 g/mol. The number of benzene rings is 3. The number of ether oxygens (including phenoxy) is 1. The van der Waals surface area contributed by atoms with Crippen molar-refractivity contribution < 1.29 is 37.0 Å². The maximum Gasteiger partial charge on any atom is 0.404 e. The highest BCUT2D eigenvalue weighted by atomic mass is 32.2. The number of carbonyl (C=O) groups is 3. The molecule has 1 atom stereocenters. The number of nitrogens with zero attached hydrogens (tertiary/aromatic N) is 4. The van der Waals surface area contributed by atoms with Crippen molar-refractivity contribution in [1.82, 2.24) is 19.9 Å². The van der Waals surface area contributed by atoms with E-state index < -0.39 is 27.8 Å². The van der Waals surface area contributed by atoms with Gasteiger partial charge in [0.2, 0.25) is 11.8 Å². The number of rotatable bonds is 11. The number of sulfone groups is 1. The van der Waals surface area contributed by atoms with Crippen LogP contribution in [0, 0.1) is 5.82 Å². The first kappa shape index (κ1) is 33.5. The lowest BCUT2D eigenvalue weighted by molar-refractivity contribution is -0.118. The number of amides is 3. The van der Waals surface area contributed by atoms with Gasteiger partial charge in [-0.1, -0.05) is 24.3 Å². The number of hydrogen-bond donors (Lipinski definition) is 3. The van der Waals surface area contributed by atoms with Crippen LogP contribution in [-0.4, -0.2) is 65.9 Å². The third kappa shape index (κ3) is 7.58. The zero-order valence-corrected chi connectivity index (χ0v) is 26.9. The summed E-state index contributed by atoms with van der Waals surface area (Å²) >= 11 is 0. The first-order chi connectivity index (χ1) is 22.8. The summed E-state index contributed by atoms with van der Waals surface area (Å²) in [4.78, 5) is 42.9. The first-order valence-electron chi connectivity index (χ1n) is 14.5. The Hall–Kier alpha value is -5.83. The van der Waals surface area contributed by atoms with Crippen LogP contribution in [0.5, 0.6) is 5.75 Å². The Balaban J connectivity index is 1.42. The van der Waals surface area contributed by atoms with Crippen LogP contribution >= 0.6 is 0 Å². The van der Waals surface area contributed by atoms with E-state index in [9.17, 15) is 27.2 Å². The topological polar surface area (TPSA) is 172 Å². The number of fused-ring (bicyclic) bond motifs is 1. The predicted molar refractivity (Wildman–Crippen MR) is 176 cm³/mol. The summed E-state index contributed by atoms with van der Waals surface area (Å²) in [5, 5.41) is 18.5. The second-order valence-corrected chi connectivity index (χ2v) is 12.8. The van der Waals surface area contributed by atoms with Crippen LogP contribution in [-0.2, 0) is 19.4 Å². The molecule has 3 N–H and O–H groups in total. The number of anilines is 3. The molecule has 0 aliphatic heterocycles. The molecule has 0 bridgehead atoms. The molecule has 0 aliphatic carbocycles. The third-order valence-corrected chi connectivity index (χ3v) is 8.56. The van der Waals surface area contributed by atoms with E-state index in [1.54, 1.807) is 43.5 Å². The smallest absolute Gasteiger partial charge is 0.404 e. The maximum atomic E-state index is 13.5. The molecule has 2 aromatic heterocycles. The Kier molecular flexibility index (Phi) is 9.70. The van der Waals surface area contributed by atoms with Gasteiger partial charge in [-0.15, -0.1) is 5.10 Å². The van der Waals surface area contributed by atoms with Crippen molar-refractivity contribution in [2.75, 3.05) is 30.1 Å². The summed E-state index contributed by atoms with van der Waals surface area (Å²) in [5.41, 5.74) is 3.35. The number of carbonyl (C=O) groups excluding carboxylic acids is 2. The number of methoxy groups -OCH3 is 1. The lowest BCUT2D eigenvalue weighted by Crippen LogP contribution is -2.32. The molecule has 0 radical (unpaired) electrons. The van der Waals surface area contributed by atoms with E-state index in [1.807, 2.05) is 18.2 Å². The van der Waals surface area contributed by atoms with E-state index in [1.165, 1.54) is 42.0 Å². The molecule has 248 valence electrons. The van der Waals surface area contributed by atoms with Gasteiger partial charge in [0.25, 0.3) is 5.95 Å². The average Bonchev–Trinajstić information content (AvgIpc) is 3.47. The van der Waals surface area contributed by atoms with Gasteiger partial charge >= 0.3 is 6.09 Å². The summed E-state index contributed by atoms with van der Waals surface area (Å²) in [6.45, 7) is 1.55. The van der Waals surface area contributed by atoms with Crippen molar-refractivity contribution >= 4 is 50.7 Å². The number of halogens is 1. The van der Waals surface area contributed by atoms with E-state index in [4.69, 9.17) is 9.84 Å². The Morgan fingerprint density at radius 2 is 1.69 bits per heavy atom. The summed E-state index contributed by atoms with van der Waals surface area (Å²) in [6, 6.07) is 20.4. The van der Waals surface area contributed by atoms with E-state index in [0.29, 0.717) is 16.9 Å². The van der Waals surface area contributed by atoms with E-state index in [2.05, 4.69) is 20.7 Å². The van der Waals surface area contributed by atoms with E-state index >= 15 is 0 Å². The Labute approximate surface area is 274 Å². The van der Waals surface area contributed by atoms with Crippen molar-refractivity contribution in [3.05, 3.63) is 96.4 Å². The van der Waals surface area contributed by atoms with Crippen molar-refractivity contribution in [3.63, 3.8) is 0 Å². The summed E-state index contributed by atoms with van der Waals surface area (Å²) in [7, 11) is -2.26. The molecule has 5 aromatic rings. The van der Waals surface area contributed by atoms with Crippen molar-refractivity contribution in [2.45, 2.75) is 24.2 Å². The number of aromatic nitrogens is 3. The van der Waals surface area contributed by atoms with Crippen LogP contribution in [0.2, 0.25) is 0 Å². The minimum absolute atomic E-state index is 0.0244. The summed E-state index contributed by atoms with van der Waals surface area (Å²) in [5.74, 6) is -1.67. The fourth-order valence-electron chi connectivity index (χ4n) is 4.85. The molecular formula is C33H31FN6O7S. The van der Waals surface area contributed by atoms with E-state index in [0.717, 1.165) is 22.3 Å². The Morgan fingerprint density at radius 3 is 2.33 bits per heavy atom.